The summed E-state index contributed by atoms with van der Waals surface area (Å²) in [5, 5.41) is 0. The monoisotopic (exact) mass is 286 g/mol. The highest BCUT2D eigenvalue weighted by Gasteiger charge is 2.27. The molecule has 0 nitrogen and oxygen atoms in total. The molecule has 1 aliphatic rings. The fourth-order valence-corrected chi connectivity index (χ4v) is 3.41. The van der Waals surface area contributed by atoms with Crippen molar-refractivity contribution in [3.05, 3.63) is 95.1 Å². The van der Waals surface area contributed by atoms with Crippen LogP contribution in [0.1, 0.15) is 37.8 Å². The number of hydrogen-bond acceptors (Lipinski definition) is 0. The van der Waals surface area contributed by atoms with Crippen molar-refractivity contribution in [3.63, 3.8) is 0 Å². The van der Waals surface area contributed by atoms with Crippen LogP contribution in [0.15, 0.2) is 84.0 Å². The second-order valence-corrected chi connectivity index (χ2v) is 5.62. The quantitative estimate of drug-likeness (QED) is 0.620. The van der Waals surface area contributed by atoms with Crippen molar-refractivity contribution in [2.75, 3.05) is 0 Å². The van der Waals surface area contributed by atoms with Crippen molar-refractivity contribution in [1.29, 1.82) is 0 Å². The summed E-state index contributed by atoms with van der Waals surface area (Å²) in [4.78, 5) is 0. The van der Waals surface area contributed by atoms with E-state index in [9.17, 15) is 0 Å². The lowest BCUT2D eigenvalue weighted by molar-refractivity contribution is 1.08. The van der Waals surface area contributed by atoms with Crippen LogP contribution in [-0.2, 0) is 0 Å². The zero-order valence-corrected chi connectivity index (χ0v) is 13.4. The maximum absolute atomic E-state index is 4.39. The lowest BCUT2D eigenvalue weighted by atomic mass is 9.91. The summed E-state index contributed by atoms with van der Waals surface area (Å²) in [7, 11) is 0. The zero-order chi connectivity index (χ0) is 15.5. The predicted molar refractivity (Wildman–Crippen MR) is 96.4 cm³/mol. The average Bonchev–Trinajstić information content (AvgIpc) is 2.88. The molecule has 3 rings (SSSR count). The van der Waals surface area contributed by atoms with Crippen LogP contribution in [0.5, 0.6) is 0 Å². The number of rotatable bonds is 4. The average molecular weight is 286 g/mol. The molecule has 22 heavy (non-hydrogen) atoms. The minimum absolute atomic E-state index is 1.02. The van der Waals surface area contributed by atoms with E-state index in [1.165, 1.54) is 39.0 Å². The highest BCUT2D eigenvalue weighted by molar-refractivity contribution is 6.13. The first-order chi connectivity index (χ1) is 10.8. The van der Waals surface area contributed by atoms with Crippen molar-refractivity contribution >= 4 is 11.1 Å². The third kappa shape index (κ3) is 2.35. The van der Waals surface area contributed by atoms with Crippen molar-refractivity contribution in [1.82, 2.24) is 0 Å². The molecule has 0 spiro atoms. The molecular formula is C22H22. The minimum Gasteiger partial charge on any atom is -0.0912 e. The molecule has 2 aromatic rings. The Labute approximate surface area is 133 Å². The van der Waals surface area contributed by atoms with Crippen LogP contribution in [0.3, 0.4) is 0 Å². The molecule has 1 aliphatic carbocycles. The van der Waals surface area contributed by atoms with Crippen LogP contribution >= 0.6 is 0 Å². The molecule has 0 N–H and O–H groups in total. The molecule has 0 heterocycles. The SMILES string of the molecule is C=C1C(CC)=C(c2ccccc2)C(c2ccccc2)=C1CC. The van der Waals surface area contributed by atoms with Crippen LogP contribution in [0, 0.1) is 0 Å². The first-order valence-corrected chi connectivity index (χ1v) is 8.05. The first-order valence-electron chi connectivity index (χ1n) is 8.05. The topological polar surface area (TPSA) is 0 Å². The van der Waals surface area contributed by atoms with Gasteiger partial charge in [0.1, 0.15) is 0 Å². The molecule has 0 aromatic heterocycles. The van der Waals surface area contributed by atoms with Gasteiger partial charge in [-0.15, -0.1) is 0 Å². The fourth-order valence-electron chi connectivity index (χ4n) is 3.41. The Balaban J connectivity index is 2.28. The van der Waals surface area contributed by atoms with Crippen molar-refractivity contribution in [2.45, 2.75) is 26.7 Å². The maximum atomic E-state index is 4.39. The predicted octanol–water partition coefficient (Wildman–Crippen LogP) is 6.28. The summed E-state index contributed by atoms with van der Waals surface area (Å²) < 4.78 is 0. The van der Waals surface area contributed by atoms with Gasteiger partial charge in [0.2, 0.25) is 0 Å². The Morgan fingerprint density at radius 1 is 0.636 bits per heavy atom. The lowest BCUT2D eigenvalue weighted by Gasteiger charge is -2.13. The standard InChI is InChI=1S/C22H22/c1-4-19-16(3)20(5-2)22(18-14-10-7-11-15-18)21(19)17-12-8-6-9-13-17/h6-15H,3-5H2,1-2H3. The Bertz CT molecular complexity index is 678. The van der Waals surface area contributed by atoms with E-state index < -0.39 is 0 Å². The number of allylic oxidation sites excluding steroid dienone is 5. The summed E-state index contributed by atoms with van der Waals surface area (Å²) in [5.74, 6) is 0. The molecule has 2 aromatic carbocycles. The maximum Gasteiger partial charge on any atom is -0.00646 e. The van der Waals surface area contributed by atoms with Crippen LogP contribution in [-0.4, -0.2) is 0 Å². The lowest BCUT2D eigenvalue weighted by Crippen LogP contribution is -1.91. The summed E-state index contributed by atoms with van der Waals surface area (Å²) in [5.41, 5.74) is 9.34. The van der Waals surface area contributed by atoms with Crippen molar-refractivity contribution in [2.24, 2.45) is 0 Å². The van der Waals surface area contributed by atoms with Gasteiger partial charge in [-0.3, -0.25) is 0 Å². The summed E-state index contributed by atoms with van der Waals surface area (Å²) >= 11 is 0. The van der Waals surface area contributed by atoms with Crippen molar-refractivity contribution in [3.8, 4) is 0 Å². The summed E-state index contributed by atoms with van der Waals surface area (Å²) in [6.07, 6.45) is 2.03. The summed E-state index contributed by atoms with van der Waals surface area (Å²) in [6.45, 7) is 8.85. The smallest absolute Gasteiger partial charge is 0.00646 e. The summed E-state index contributed by atoms with van der Waals surface area (Å²) in [6, 6.07) is 21.4. The first kappa shape index (κ1) is 14.6. The van der Waals surface area contributed by atoms with Crippen molar-refractivity contribution < 1.29 is 0 Å². The van der Waals surface area contributed by atoms with Crippen LogP contribution < -0.4 is 0 Å². The van der Waals surface area contributed by atoms with Gasteiger partial charge in [0.25, 0.3) is 0 Å². The minimum atomic E-state index is 1.02. The van der Waals surface area contributed by atoms with Gasteiger partial charge in [-0.25, -0.2) is 0 Å². The van der Waals surface area contributed by atoms with E-state index in [1.807, 2.05) is 0 Å². The zero-order valence-electron chi connectivity index (χ0n) is 13.4. The fraction of sp³-hybridized carbons (Fsp3) is 0.182. The normalized spacial score (nSPS) is 14.9. The van der Waals surface area contributed by atoms with Crippen LogP contribution in [0.25, 0.3) is 11.1 Å². The molecule has 0 heteroatoms. The van der Waals surface area contributed by atoms with E-state index in [1.54, 1.807) is 0 Å². The van der Waals surface area contributed by atoms with E-state index in [4.69, 9.17) is 0 Å². The molecular weight excluding hydrogens is 264 g/mol. The molecule has 0 unspecified atom stereocenters. The molecule has 0 bridgehead atoms. The largest absolute Gasteiger partial charge is 0.0912 e. The molecule has 0 saturated heterocycles. The van der Waals surface area contributed by atoms with E-state index >= 15 is 0 Å². The third-order valence-corrected chi connectivity index (χ3v) is 4.41. The highest BCUT2D eigenvalue weighted by atomic mass is 14.3. The molecule has 0 aliphatic heterocycles. The molecule has 110 valence electrons. The Kier molecular flexibility index (Phi) is 4.11. The second-order valence-electron chi connectivity index (χ2n) is 5.62. The van der Waals surface area contributed by atoms with Gasteiger partial charge in [0.05, 0.1) is 0 Å². The number of hydrogen-bond donors (Lipinski definition) is 0. The number of benzene rings is 2. The Hall–Kier alpha value is -2.34. The highest BCUT2D eigenvalue weighted by Crippen LogP contribution is 2.48. The Morgan fingerprint density at radius 2 is 1.00 bits per heavy atom. The third-order valence-electron chi connectivity index (χ3n) is 4.41. The molecule has 0 saturated carbocycles. The van der Waals surface area contributed by atoms with Crippen LogP contribution in [0.4, 0.5) is 0 Å². The second kappa shape index (κ2) is 6.19. The molecule has 0 fully saturated rings. The van der Waals surface area contributed by atoms with E-state index in [-0.39, 0.29) is 0 Å². The van der Waals surface area contributed by atoms with Gasteiger partial charge in [-0.05, 0) is 51.8 Å². The van der Waals surface area contributed by atoms with Gasteiger partial charge >= 0.3 is 0 Å². The van der Waals surface area contributed by atoms with Gasteiger partial charge in [-0.1, -0.05) is 81.1 Å². The Morgan fingerprint density at radius 3 is 1.32 bits per heavy atom. The molecule has 0 amide bonds. The van der Waals surface area contributed by atoms with Gasteiger partial charge in [0.15, 0.2) is 0 Å². The van der Waals surface area contributed by atoms with E-state index in [0.29, 0.717) is 0 Å². The van der Waals surface area contributed by atoms with Gasteiger partial charge in [-0.2, -0.15) is 0 Å². The van der Waals surface area contributed by atoms with E-state index in [2.05, 4.69) is 81.1 Å². The van der Waals surface area contributed by atoms with Crippen LogP contribution in [0.2, 0.25) is 0 Å². The van der Waals surface area contributed by atoms with Gasteiger partial charge in [0, 0.05) is 0 Å². The molecule has 0 atom stereocenters. The molecule has 0 radical (unpaired) electrons. The van der Waals surface area contributed by atoms with Gasteiger partial charge < -0.3 is 0 Å². The van der Waals surface area contributed by atoms with E-state index in [0.717, 1.165) is 12.8 Å².